The fraction of sp³-hybridized carbons (Fsp3) is 0.667. The number of piperidine rings is 1. The first-order valence-corrected chi connectivity index (χ1v) is 8.03. The number of carboxylic acids is 1. The Labute approximate surface area is 118 Å². The molecule has 0 amide bonds. The Hall–Kier alpha value is -1.41. The summed E-state index contributed by atoms with van der Waals surface area (Å²) in [7, 11) is -1.84. The molecule has 1 unspecified atom stereocenters. The molecule has 20 heavy (non-hydrogen) atoms. The molecule has 0 bridgehead atoms. The maximum atomic E-state index is 12.4. The topological polar surface area (TPSA) is 92.5 Å². The lowest BCUT2D eigenvalue weighted by molar-refractivity contribution is -0.137. The third kappa shape index (κ3) is 3.37. The Kier molecular flexibility index (Phi) is 4.44. The van der Waals surface area contributed by atoms with Crippen LogP contribution in [-0.2, 0) is 21.9 Å². The minimum atomic E-state index is -3.56. The summed E-state index contributed by atoms with van der Waals surface area (Å²) in [4.78, 5) is 14.5. The predicted octanol–water partition coefficient (Wildman–Crippen LogP) is 0.686. The molecule has 1 aliphatic heterocycles. The summed E-state index contributed by atoms with van der Waals surface area (Å²) in [6, 6.07) is 0. The maximum Gasteiger partial charge on any atom is 0.303 e. The number of nitrogens with zero attached hydrogens (tertiary/aromatic N) is 3. The molecule has 1 aromatic rings. The van der Waals surface area contributed by atoms with Gasteiger partial charge < -0.3 is 9.67 Å². The van der Waals surface area contributed by atoms with Crippen LogP contribution in [0.2, 0.25) is 0 Å². The summed E-state index contributed by atoms with van der Waals surface area (Å²) in [5.74, 6) is -0.729. The zero-order valence-corrected chi connectivity index (χ0v) is 12.2. The number of imidazole rings is 1. The highest BCUT2D eigenvalue weighted by Gasteiger charge is 2.31. The molecule has 8 heteroatoms. The Morgan fingerprint density at radius 3 is 2.90 bits per heavy atom. The van der Waals surface area contributed by atoms with Crippen molar-refractivity contribution in [3.63, 3.8) is 0 Å². The van der Waals surface area contributed by atoms with E-state index in [0.717, 1.165) is 12.8 Å². The van der Waals surface area contributed by atoms with Gasteiger partial charge in [-0.1, -0.05) is 0 Å². The molecule has 7 nitrogen and oxygen atoms in total. The summed E-state index contributed by atoms with van der Waals surface area (Å²) < 4.78 is 27.9. The Bertz CT molecular complexity index is 581. The SMILES string of the molecule is Cn1cnc(S(=O)(=O)N2CCCC(CCC(=O)O)C2)c1. The maximum absolute atomic E-state index is 12.4. The quantitative estimate of drug-likeness (QED) is 0.863. The molecule has 1 saturated heterocycles. The van der Waals surface area contributed by atoms with Crippen LogP contribution in [0.1, 0.15) is 25.7 Å². The smallest absolute Gasteiger partial charge is 0.303 e. The third-order valence-corrected chi connectivity index (χ3v) is 5.28. The van der Waals surface area contributed by atoms with Crippen LogP contribution in [0.15, 0.2) is 17.6 Å². The number of aliphatic carboxylic acids is 1. The lowest BCUT2D eigenvalue weighted by Crippen LogP contribution is -2.40. The van der Waals surface area contributed by atoms with Gasteiger partial charge in [-0.2, -0.15) is 4.31 Å². The van der Waals surface area contributed by atoms with Crippen molar-refractivity contribution in [1.82, 2.24) is 13.9 Å². The second-order valence-electron chi connectivity index (χ2n) is 5.18. The molecular formula is C12H19N3O4S. The van der Waals surface area contributed by atoms with Crippen molar-refractivity contribution in [3.05, 3.63) is 12.5 Å². The second kappa shape index (κ2) is 5.92. The van der Waals surface area contributed by atoms with Gasteiger partial charge >= 0.3 is 5.97 Å². The van der Waals surface area contributed by atoms with Crippen LogP contribution >= 0.6 is 0 Å². The van der Waals surface area contributed by atoms with E-state index in [9.17, 15) is 13.2 Å². The third-order valence-electron chi connectivity index (χ3n) is 3.53. The molecule has 1 atom stereocenters. The minimum absolute atomic E-state index is 0.0545. The van der Waals surface area contributed by atoms with Crippen molar-refractivity contribution in [1.29, 1.82) is 0 Å². The van der Waals surface area contributed by atoms with Crippen LogP contribution < -0.4 is 0 Å². The monoisotopic (exact) mass is 301 g/mol. The molecule has 2 heterocycles. The predicted molar refractivity (Wildman–Crippen MR) is 71.6 cm³/mol. The summed E-state index contributed by atoms with van der Waals surface area (Å²) in [6.45, 7) is 0.856. The molecular weight excluding hydrogens is 282 g/mol. The number of rotatable bonds is 5. The van der Waals surface area contributed by atoms with Crippen LogP contribution in [0.5, 0.6) is 0 Å². The lowest BCUT2D eigenvalue weighted by Gasteiger charge is -2.31. The second-order valence-corrected chi connectivity index (χ2v) is 7.07. The molecule has 0 radical (unpaired) electrons. The highest BCUT2D eigenvalue weighted by molar-refractivity contribution is 7.89. The van der Waals surface area contributed by atoms with E-state index in [1.165, 1.54) is 16.8 Å². The Morgan fingerprint density at radius 2 is 2.30 bits per heavy atom. The average molecular weight is 301 g/mol. The van der Waals surface area contributed by atoms with Crippen LogP contribution in [0, 0.1) is 5.92 Å². The molecule has 112 valence electrons. The lowest BCUT2D eigenvalue weighted by atomic mass is 9.95. The number of aromatic nitrogens is 2. The molecule has 0 spiro atoms. The van der Waals surface area contributed by atoms with E-state index >= 15 is 0 Å². The fourth-order valence-electron chi connectivity index (χ4n) is 2.46. The molecule has 2 rings (SSSR count). The first-order valence-electron chi connectivity index (χ1n) is 6.59. The fourth-order valence-corrected chi connectivity index (χ4v) is 3.98. The largest absolute Gasteiger partial charge is 0.481 e. The molecule has 1 aliphatic rings. The van der Waals surface area contributed by atoms with Gasteiger partial charge in [0.05, 0.1) is 6.33 Å². The van der Waals surface area contributed by atoms with Gasteiger partial charge in [-0.05, 0) is 25.2 Å². The summed E-state index contributed by atoms with van der Waals surface area (Å²) in [5.41, 5.74) is 0. The number of hydrogen-bond donors (Lipinski definition) is 1. The first kappa shape index (κ1) is 15.0. The summed E-state index contributed by atoms with van der Waals surface area (Å²) in [5, 5.41) is 8.76. The molecule has 0 aliphatic carbocycles. The number of aryl methyl sites for hydroxylation is 1. The zero-order chi connectivity index (χ0) is 14.8. The molecule has 0 aromatic carbocycles. The Morgan fingerprint density at radius 1 is 1.55 bits per heavy atom. The standard InChI is InChI=1S/C12H19N3O4S/c1-14-8-11(13-9-14)20(18,19)15-6-2-3-10(7-15)4-5-12(16)17/h8-10H,2-7H2,1H3,(H,16,17). The van der Waals surface area contributed by atoms with E-state index in [-0.39, 0.29) is 17.4 Å². The van der Waals surface area contributed by atoms with E-state index in [1.54, 1.807) is 11.6 Å². The van der Waals surface area contributed by atoms with Crippen molar-refractivity contribution in [2.24, 2.45) is 13.0 Å². The van der Waals surface area contributed by atoms with Gasteiger partial charge in [0.2, 0.25) is 0 Å². The number of hydrogen-bond acceptors (Lipinski definition) is 4. The highest BCUT2D eigenvalue weighted by Crippen LogP contribution is 2.25. The van der Waals surface area contributed by atoms with Crippen molar-refractivity contribution in [2.75, 3.05) is 13.1 Å². The first-order chi connectivity index (χ1) is 9.39. The van der Waals surface area contributed by atoms with Gasteiger partial charge in [-0.3, -0.25) is 4.79 Å². The van der Waals surface area contributed by atoms with Crippen LogP contribution in [0.4, 0.5) is 0 Å². The van der Waals surface area contributed by atoms with Gasteiger partial charge in [0, 0.05) is 32.8 Å². The van der Waals surface area contributed by atoms with E-state index in [1.807, 2.05) is 0 Å². The van der Waals surface area contributed by atoms with Crippen molar-refractivity contribution < 1.29 is 18.3 Å². The summed E-state index contributed by atoms with van der Waals surface area (Å²) >= 11 is 0. The molecule has 1 fully saturated rings. The Balaban J connectivity index is 2.06. The normalized spacial score (nSPS) is 20.9. The van der Waals surface area contributed by atoms with Gasteiger partial charge in [0.25, 0.3) is 10.0 Å². The van der Waals surface area contributed by atoms with E-state index in [4.69, 9.17) is 5.11 Å². The van der Waals surface area contributed by atoms with Gasteiger partial charge in [0.15, 0.2) is 5.03 Å². The molecule has 1 N–H and O–H groups in total. The van der Waals surface area contributed by atoms with E-state index in [0.29, 0.717) is 19.5 Å². The number of sulfonamides is 1. The highest BCUT2D eigenvalue weighted by atomic mass is 32.2. The van der Waals surface area contributed by atoms with Crippen LogP contribution in [0.25, 0.3) is 0 Å². The van der Waals surface area contributed by atoms with E-state index in [2.05, 4.69) is 4.98 Å². The molecule has 1 aromatic heterocycles. The van der Waals surface area contributed by atoms with Gasteiger partial charge in [0.1, 0.15) is 0 Å². The van der Waals surface area contributed by atoms with Crippen LogP contribution in [0.3, 0.4) is 0 Å². The number of carbonyl (C=O) groups is 1. The van der Waals surface area contributed by atoms with Crippen molar-refractivity contribution in [3.8, 4) is 0 Å². The average Bonchev–Trinajstić information content (AvgIpc) is 2.84. The van der Waals surface area contributed by atoms with Gasteiger partial charge in [-0.25, -0.2) is 13.4 Å². The number of carboxylic acid groups (broad SMARTS) is 1. The van der Waals surface area contributed by atoms with Crippen molar-refractivity contribution in [2.45, 2.75) is 30.7 Å². The minimum Gasteiger partial charge on any atom is -0.481 e. The van der Waals surface area contributed by atoms with Crippen LogP contribution in [-0.4, -0.2) is 46.4 Å². The van der Waals surface area contributed by atoms with Gasteiger partial charge in [-0.15, -0.1) is 0 Å². The zero-order valence-electron chi connectivity index (χ0n) is 11.4. The molecule has 0 saturated carbocycles. The van der Waals surface area contributed by atoms with Crippen molar-refractivity contribution >= 4 is 16.0 Å². The summed E-state index contributed by atoms with van der Waals surface area (Å²) in [6.07, 6.45) is 5.18. The van der Waals surface area contributed by atoms with E-state index < -0.39 is 16.0 Å².